The van der Waals surface area contributed by atoms with E-state index >= 15 is 0 Å². The minimum absolute atomic E-state index is 0.00207. The fourth-order valence-corrected chi connectivity index (χ4v) is 1.60. The number of carbonyl (C=O) groups excluding carboxylic acids is 2. The quantitative estimate of drug-likeness (QED) is 0.733. The number of nitrogens with zero attached hydrogens (tertiary/aromatic N) is 2. The third-order valence-corrected chi connectivity index (χ3v) is 2.85. The van der Waals surface area contributed by atoms with E-state index in [1.165, 1.54) is 30.4 Å². The van der Waals surface area contributed by atoms with Crippen LogP contribution in [0.4, 0.5) is 0 Å². The van der Waals surface area contributed by atoms with Crippen molar-refractivity contribution in [2.45, 2.75) is 6.04 Å². The van der Waals surface area contributed by atoms with Gasteiger partial charge in [0.1, 0.15) is 11.7 Å². The van der Waals surface area contributed by atoms with Crippen LogP contribution >= 0.6 is 11.8 Å². The number of thioether (sulfide) groups is 1. The molecular weight excluding hydrogens is 202 g/mol. The normalized spacial score (nSPS) is 20.0. The van der Waals surface area contributed by atoms with Crippen LogP contribution in [-0.2, 0) is 4.79 Å². The molecule has 0 aromatic carbocycles. The molecule has 72 valence electrons. The molecule has 1 fully saturated rings. The molecule has 1 aromatic rings. The van der Waals surface area contributed by atoms with Crippen molar-refractivity contribution in [3.8, 4) is 0 Å². The molecule has 0 unspecified atom stereocenters. The van der Waals surface area contributed by atoms with E-state index in [-0.39, 0.29) is 22.8 Å². The van der Waals surface area contributed by atoms with Crippen LogP contribution in [0.2, 0.25) is 0 Å². The largest absolute Gasteiger partial charge is 0.339 e. The topological polar surface area (TPSA) is 72.0 Å². The van der Waals surface area contributed by atoms with Gasteiger partial charge in [0.05, 0.1) is 6.20 Å². The molecule has 6 heteroatoms. The summed E-state index contributed by atoms with van der Waals surface area (Å²) in [5.74, 6) is 0.293. The van der Waals surface area contributed by atoms with Gasteiger partial charge in [-0.3, -0.25) is 14.6 Å². The third-order valence-electron chi connectivity index (χ3n) is 1.78. The highest BCUT2D eigenvalue weighted by Gasteiger charge is 2.31. The summed E-state index contributed by atoms with van der Waals surface area (Å²) in [7, 11) is 0. The van der Waals surface area contributed by atoms with Crippen molar-refractivity contribution in [1.29, 1.82) is 0 Å². The third kappa shape index (κ3) is 1.74. The van der Waals surface area contributed by atoms with E-state index < -0.39 is 0 Å². The van der Waals surface area contributed by atoms with Gasteiger partial charge in [-0.25, -0.2) is 4.98 Å². The zero-order valence-electron chi connectivity index (χ0n) is 7.14. The SMILES string of the molecule is O=C(N[C@H]1CSC1=O)c1cnccn1. The summed E-state index contributed by atoms with van der Waals surface area (Å²) in [6.07, 6.45) is 4.29. The number of carbonyl (C=O) groups is 2. The summed E-state index contributed by atoms with van der Waals surface area (Å²) < 4.78 is 0. The average Bonchev–Trinajstić information content (AvgIpc) is 2.24. The Kier molecular flexibility index (Phi) is 2.45. The Bertz CT molecular complexity index is 368. The highest BCUT2D eigenvalue weighted by atomic mass is 32.2. The summed E-state index contributed by atoms with van der Waals surface area (Å²) in [6, 6.07) is -0.352. The van der Waals surface area contributed by atoms with Gasteiger partial charge in [0.25, 0.3) is 5.91 Å². The monoisotopic (exact) mass is 209 g/mol. The van der Waals surface area contributed by atoms with Crippen molar-refractivity contribution in [3.05, 3.63) is 24.3 Å². The highest BCUT2D eigenvalue weighted by molar-refractivity contribution is 8.16. The lowest BCUT2D eigenvalue weighted by Gasteiger charge is -2.23. The van der Waals surface area contributed by atoms with Crippen molar-refractivity contribution in [1.82, 2.24) is 15.3 Å². The second-order valence-corrected chi connectivity index (χ2v) is 3.77. The van der Waals surface area contributed by atoms with Crippen LogP contribution in [0.5, 0.6) is 0 Å². The summed E-state index contributed by atoms with van der Waals surface area (Å²) in [5.41, 5.74) is 0.234. The van der Waals surface area contributed by atoms with Gasteiger partial charge in [-0.15, -0.1) is 0 Å². The molecule has 14 heavy (non-hydrogen) atoms. The van der Waals surface area contributed by atoms with Gasteiger partial charge in [-0.05, 0) is 0 Å². The number of hydrogen-bond donors (Lipinski definition) is 1. The number of amides is 1. The fraction of sp³-hybridized carbons (Fsp3) is 0.250. The lowest BCUT2D eigenvalue weighted by atomic mass is 10.3. The van der Waals surface area contributed by atoms with Crippen LogP contribution in [0.15, 0.2) is 18.6 Å². The molecule has 1 saturated heterocycles. The maximum atomic E-state index is 11.4. The first-order valence-corrected chi connectivity index (χ1v) is 4.99. The molecule has 1 aliphatic heterocycles. The molecule has 1 aromatic heterocycles. The van der Waals surface area contributed by atoms with Gasteiger partial charge in [0.2, 0.25) is 5.12 Å². The first kappa shape index (κ1) is 9.14. The van der Waals surface area contributed by atoms with Crippen molar-refractivity contribution in [3.63, 3.8) is 0 Å². The predicted octanol–water partition coefficient (Wildman–Crippen LogP) is -0.152. The van der Waals surface area contributed by atoms with Gasteiger partial charge in [-0.2, -0.15) is 0 Å². The number of rotatable bonds is 2. The molecule has 2 rings (SSSR count). The Morgan fingerprint density at radius 1 is 1.57 bits per heavy atom. The van der Waals surface area contributed by atoms with E-state index in [0.717, 1.165) is 0 Å². The Labute approximate surface area is 84.3 Å². The van der Waals surface area contributed by atoms with Gasteiger partial charge in [0, 0.05) is 18.1 Å². The summed E-state index contributed by atoms with van der Waals surface area (Å²) in [5, 5.41) is 2.57. The molecule has 0 bridgehead atoms. The van der Waals surface area contributed by atoms with Crippen LogP contribution in [0, 0.1) is 0 Å². The predicted molar refractivity (Wildman–Crippen MR) is 50.8 cm³/mol. The van der Waals surface area contributed by atoms with Crippen molar-refractivity contribution in [2.24, 2.45) is 0 Å². The number of nitrogens with one attached hydrogen (secondary N) is 1. The Morgan fingerprint density at radius 2 is 2.43 bits per heavy atom. The van der Waals surface area contributed by atoms with E-state index in [1.807, 2.05) is 0 Å². The summed E-state index contributed by atoms with van der Waals surface area (Å²) in [6.45, 7) is 0. The van der Waals surface area contributed by atoms with Crippen LogP contribution in [0.25, 0.3) is 0 Å². The second-order valence-electron chi connectivity index (χ2n) is 2.75. The van der Waals surface area contributed by atoms with Gasteiger partial charge >= 0.3 is 0 Å². The molecule has 2 heterocycles. The number of aromatic nitrogens is 2. The Morgan fingerprint density at radius 3 is 2.93 bits per heavy atom. The first-order chi connectivity index (χ1) is 6.77. The molecule has 1 atom stereocenters. The van der Waals surface area contributed by atoms with Crippen molar-refractivity contribution < 1.29 is 9.59 Å². The lowest BCUT2D eigenvalue weighted by molar-refractivity contribution is -0.113. The molecule has 1 aliphatic rings. The summed E-state index contributed by atoms with van der Waals surface area (Å²) >= 11 is 1.22. The zero-order valence-corrected chi connectivity index (χ0v) is 7.95. The van der Waals surface area contributed by atoms with Gasteiger partial charge < -0.3 is 5.32 Å². The minimum Gasteiger partial charge on any atom is -0.339 e. The molecule has 0 radical (unpaired) electrons. The molecule has 0 spiro atoms. The zero-order chi connectivity index (χ0) is 9.97. The lowest BCUT2D eigenvalue weighted by Crippen LogP contribution is -2.47. The maximum absolute atomic E-state index is 11.4. The van der Waals surface area contributed by atoms with Crippen LogP contribution < -0.4 is 5.32 Å². The van der Waals surface area contributed by atoms with Crippen LogP contribution in [0.1, 0.15) is 10.5 Å². The maximum Gasteiger partial charge on any atom is 0.272 e. The standard InChI is InChI=1S/C8H7N3O2S/c12-7(5-3-9-1-2-10-5)11-6-4-14-8(6)13/h1-3,6H,4H2,(H,11,12)/t6-/m0/s1. The molecule has 1 amide bonds. The summed E-state index contributed by atoms with van der Waals surface area (Å²) in [4.78, 5) is 29.9. The van der Waals surface area contributed by atoms with E-state index in [2.05, 4.69) is 15.3 Å². The van der Waals surface area contributed by atoms with E-state index in [1.54, 1.807) is 0 Å². The molecule has 5 nitrogen and oxygen atoms in total. The molecule has 1 N–H and O–H groups in total. The molecule has 0 aliphatic carbocycles. The van der Waals surface area contributed by atoms with Gasteiger partial charge in [0.15, 0.2) is 0 Å². The van der Waals surface area contributed by atoms with E-state index in [4.69, 9.17) is 0 Å². The second kappa shape index (κ2) is 3.75. The van der Waals surface area contributed by atoms with Crippen molar-refractivity contribution in [2.75, 3.05) is 5.75 Å². The number of hydrogen-bond acceptors (Lipinski definition) is 5. The molecule has 0 saturated carbocycles. The molecular formula is C8H7N3O2S. The Balaban J connectivity index is 1.99. The van der Waals surface area contributed by atoms with E-state index in [9.17, 15) is 9.59 Å². The highest BCUT2D eigenvalue weighted by Crippen LogP contribution is 2.20. The average molecular weight is 209 g/mol. The van der Waals surface area contributed by atoms with Crippen molar-refractivity contribution >= 4 is 22.8 Å². The first-order valence-electron chi connectivity index (χ1n) is 4.01. The van der Waals surface area contributed by atoms with E-state index in [0.29, 0.717) is 5.75 Å². The Hall–Kier alpha value is -1.43. The fourth-order valence-electron chi connectivity index (χ4n) is 0.984. The van der Waals surface area contributed by atoms with Gasteiger partial charge in [-0.1, -0.05) is 11.8 Å². The smallest absolute Gasteiger partial charge is 0.272 e. The van der Waals surface area contributed by atoms with Crippen LogP contribution in [0.3, 0.4) is 0 Å². The minimum atomic E-state index is -0.352. The van der Waals surface area contributed by atoms with Crippen LogP contribution in [-0.4, -0.2) is 32.8 Å².